The summed E-state index contributed by atoms with van der Waals surface area (Å²) in [6, 6.07) is 5.03. The molecule has 2 aromatic heterocycles. The van der Waals surface area contributed by atoms with E-state index in [1.54, 1.807) is 18.2 Å². The summed E-state index contributed by atoms with van der Waals surface area (Å²) in [5.74, 6) is -0.547. The van der Waals surface area contributed by atoms with Crippen LogP contribution in [0.1, 0.15) is 16.7 Å². The van der Waals surface area contributed by atoms with Crippen LogP contribution in [-0.4, -0.2) is 24.2 Å². The van der Waals surface area contributed by atoms with Gasteiger partial charge in [0.1, 0.15) is 17.1 Å². The summed E-state index contributed by atoms with van der Waals surface area (Å²) in [5.41, 5.74) is -3.92. The minimum Gasteiger partial charge on any atom is -0.327 e. The molecule has 1 spiro atoms. The number of amides is 1. The summed E-state index contributed by atoms with van der Waals surface area (Å²) in [7, 11) is 5.50. The Labute approximate surface area is 187 Å². The van der Waals surface area contributed by atoms with Gasteiger partial charge in [0.2, 0.25) is 5.91 Å². The molecule has 0 saturated heterocycles. The summed E-state index contributed by atoms with van der Waals surface area (Å²) in [6.45, 7) is 0. The molecule has 2 N–H and O–H groups in total. The second kappa shape index (κ2) is 6.19. The molecular weight excluding hydrogens is 484 g/mol. The molecule has 0 saturated carbocycles. The first-order valence-corrected chi connectivity index (χ1v) is 10.3. The molecule has 2 aliphatic rings. The second-order valence-corrected chi connectivity index (χ2v) is 8.79. The molecule has 0 aliphatic carbocycles. The third-order valence-corrected chi connectivity index (χ3v) is 6.78. The predicted octanol–water partition coefficient (Wildman–Crippen LogP) is -0.413. The van der Waals surface area contributed by atoms with Crippen LogP contribution in [0.3, 0.4) is 0 Å². The Morgan fingerprint density at radius 3 is 1.75 bits per heavy atom. The zero-order valence-electron chi connectivity index (χ0n) is 17.4. The van der Waals surface area contributed by atoms with Crippen molar-refractivity contribution in [3.8, 4) is 0 Å². The van der Waals surface area contributed by atoms with E-state index < -0.39 is 33.8 Å². The van der Waals surface area contributed by atoms with Gasteiger partial charge in [0.25, 0.3) is 11.1 Å². The molecule has 12 heteroatoms. The normalized spacial score (nSPS) is 15.1. The van der Waals surface area contributed by atoms with Crippen molar-refractivity contribution in [3.05, 3.63) is 81.0 Å². The van der Waals surface area contributed by atoms with Gasteiger partial charge in [-0.1, -0.05) is 15.9 Å². The van der Waals surface area contributed by atoms with Crippen molar-refractivity contribution in [2.45, 2.75) is 5.41 Å². The molecule has 4 heterocycles. The van der Waals surface area contributed by atoms with Gasteiger partial charge in [0.05, 0.1) is 11.1 Å². The van der Waals surface area contributed by atoms with E-state index in [-0.39, 0.29) is 22.8 Å². The molecule has 0 atom stereocenters. The van der Waals surface area contributed by atoms with Crippen LogP contribution >= 0.6 is 15.9 Å². The highest BCUT2D eigenvalue weighted by Crippen LogP contribution is 2.52. The summed E-state index contributed by atoms with van der Waals surface area (Å²) in [5, 5.41) is 5.69. The van der Waals surface area contributed by atoms with Crippen LogP contribution in [-0.2, 0) is 38.4 Å². The molecule has 3 aromatic rings. The number of anilines is 3. The van der Waals surface area contributed by atoms with Crippen molar-refractivity contribution < 1.29 is 4.79 Å². The van der Waals surface area contributed by atoms with Crippen molar-refractivity contribution in [3.63, 3.8) is 0 Å². The first-order chi connectivity index (χ1) is 15.0. The molecule has 0 bridgehead atoms. The van der Waals surface area contributed by atoms with Crippen molar-refractivity contribution in [1.82, 2.24) is 18.3 Å². The van der Waals surface area contributed by atoms with Crippen LogP contribution in [0, 0.1) is 0 Å². The number of nitrogens with zero attached hydrogens (tertiary/aromatic N) is 4. The average Bonchev–Trinajstić information content (AvgIpc) is 3.04. The maximum Gasteiger partial charge on any atom is 0.332 e. The number of carbonyl (C=O) groups is 1. The topological polar surface area (TPSA) is 129 Å². The number of nitrogens with one attached hydrogen (secondary N) is 2. The minimum absolute atomic E-state index is 0.0387. The standard InChI is InChI=1S/C20H17BrN6O5/c1-24-13-11(15(28)26(3)18(24)31)20(9-7-8(21)5-6-10(9)22-17(20)30)12-14(23-13)25(2)19(32)27(4)16(12)29/h5-7,23H,1-4H3,(H,22,30). The Hall–Kier alpha value is -3.67. The Balaban J connectivity index is 2.15. The molecule has 0 unspecified atom stereocenters. The Kier molecular flexibility index (Phi) is 3.92. The van der Waals surface area contributed by atoms with Crippen molar-refractivity contribution >= 4 is 39.2 Å². The molecule has 11 nitrogen and oxygen atoms in total. The lowest BCUT2D eigenvalue weighted by Crippen LogP contribution is -2.55. The second-order valence-electron chi connectivity index (χ2n) is 7.88. The molecule has 32 heavy (non-hydrogen) atoms. The number of fused-ring (bicyclic) bond motifs is 6. The molecule has 5 rings (SSSR count). The lowest BCUT2D eigenvalue weighted by molar-refractivity contribution is -0.118. The Bertz CT molecular complexity index is 1560. The maximum atomic E-state index is 13.7. The van der Waals surface area contributed by atoms with Crippen LogP contribution in [0.15, 0.2) is 41.8 Å². The fourth-order valence-electron chi connectivity index (χ4n) is 4.66. The van der Waals surface area contributed by atoms with E-state index in [1.165, 1.54) is 37.3 Å². The van der Waals surface area contributed by atoms with Gasteiger partial charge in [0.15, 0.2) is 0 Å². The van der Waals surface area contributed by atoms with E-state index in [0.29, 0.717) is 15.7 Å². The van der Waals surface area contributed by atoms with Gasteiger partial charge in [-0.3, -0.25) is 32.7 Å². The number of hydrogen-bond acceptors (Lipinski definition) is 6. The summed E-state index contributed by atoms with van der Waals surface area (Å²) >= 11 is 3.40. The van der Waals surface area contributed by atoms with Crippen LogP contribution in [0.2, 0.25) is 0 Å². The Morgan fingerprint density at radius 2 is 1.25 bits per heavy atom. The van der Waals surface area contributed by atoms with Crippen LogP contribution in [0.25, 0.3) is 0 Å². The van der Waals surface area contributed by atoms with E-state index in [1.807, 2.05) is 0 Å². The van der Waals surface area contributed by atoms with E-state index >= 15 is 0 Å². The van der Waals surface area contributed by atoms with Gasteiger partial charge in [-0.25, -0.2) is 9.59 Å². The fraction of sp³-hybridized carbons (Fsp3) is 0.250. The highest BCUT2D eigenvalue weighted by atomic mass is 79.9. The molecule has 1 amide bonds. The van der Waals surface area contributed by atoms with Gasteiger partial charge in [-0.15, -0.1) is 0 Å². The van der Waals surface area contributed by atoms with Gasteiger partial charge in [-0.05, 0) is 18.2 Å². The van der Waals surface area contributed by atoms with E-state index in [9.17, 15) is 24.0 Å². The molecule has 164 valence electrons. The van der Waals surface area contributed by atoms with Crippen molar-refractivity contribution in [2.75, 3.05) is 10.6 Å². The summed E-state index contributed by atoms with van der Waals surface area (Å²) < 4.78 is 4.78. The molecule has 0 fully saturated rings. The summed E-state index contributed by atoms with van der Waals surface area (Å²) in [4.78, 5) is 66.1. The van der Waals surface area contributed by atoms with E-state index in [4.69, 9.17) is 0 Å². The third kappa shape index (κ3) is 2.12. The number of carbonyl (C=O) groups excluding carboxylic acids is 1. The number of aromatic nitrogens is 4. The van der Waals surface area contributed by atoms with Crippen molar-refractivity contribution in [1.29, 1.82) is 0 Å². The minimum atomic E-state index is -1.88. The highest BCUT2D eigenvalue weighted by Gasteiger charge is 2.58. The maximum absolute atomic E-state index is 13.7. The third-order valence-electron chi connectivity index (χ3n) is 6.29. The molecule has 0 radical (unpaired) electrons. The number of rotatable bonds is 0. The zero-order chi connectivity index (χ0) is 23.3. The molecular formula is C20H17BrN6O5. The molecule has 2 aliphatic heterocycles. The van der Waals surface area contributed by atoms with Gasteiger partial charge in [0, 0.05) is 43.9 Å². The average molecular weight is 501 g/mol. The largest absolute Gasteiger partial charge is 0.332 e. The van der Waals surface area contributed by atoms with Crippen LogP contribution < -0.4 is 33.1 Å². The van der Waals surface area contributed by atoms with Gasteiger partial charge in [-0.2, -0.15) is 0 Å². The van der Waals surface area contributed by atoms with Crippen LogP contribution in [0.4, 0.5) is 17.3 Å². The van der Waals surface area contributed by atoms with Crippen LogP contribution in [0.5, 0.6) is 0 Å². The fourth-order valence-corrected chi connectivity index (χ4v) is 5.03. The van der Waals surface area contributed by atoms with E-state index in [2.05, 4.69) is 26.6 Å². The molecule has 1 aromatic carbocycles. The highest BCUT2D eigenvalue weighted by molar-refractivity contribution is 9.10. The first-order valence-electron chi connectivity index (χ1n) is 9.53. The lowest BCUT2D eigenvalue weighted by atomic mass is 9.69. The monoisotopic (exact) mass is 500 g/mol. The first kappa shape index (κ1) is 20.2. The zero-order valence-corrected chi connectivity index (χ0v) is 19.0. The quantitative estimate of drug-likeness (QED) is 0.431. The number of hydrogen-bond donors (Lipinski definition) is 2. The van der Waals surface area contributed by atoms with Crippen molar-refractivity contribution in [2.24, 2.45) is 28.2 Å². The number of halogens is 1. The number of benzene rings is 1. The smallest absolute Gasteiger partial charge is 0.327 e. The van der Waals surface area contributed by atoms with Gasteiger partial charge >= 0.3 is 11.4 Å². The van der Waals surface area contributed by atoms with Gasteiger partial charge < -0.3 is 10.6 Å². The van der Waals surface area contributed by atoms with E-state index in [0.717, 1.165) is 9.13 Å². The summed E-state index contributed by atoms with van der Waals surface area (Å²) in [6.07, 6.45) is 0. The lowest BCUT2D eigenvalue weighted by Gasteiger charge is -2.36. The SMILES string of the molecule is Cn1c2c(c(=O)n(C)c1=O)C1(C(=O)Nc3ccc(Br)cc31)c1c(n(C)c(=O)n(C)c1=O)N2. The Morgan fingerprint density at radius 1 is 0.750 bits per heavy atom. The predicted molar refractivity (Wildman–Crippen MR) is 120 cm³/mol.